The molecule has 0 aliphatic rings. The van der Waals surface area contributed by atoms with Gasteiger partial charge in [-0.1, -0.05) is 24.4 Å². The van der Waals surface area contributed by atoms with Crippen LogP contribution in [0.5, 0.6) is 11.5 Å². The molecule has 2 N–H and O–H groups in total. The van der Waals surface area contributed by atoms with Gasteiger partial charge in [-0.25, -0.2) is 8.78 Å². The minimum atomic E-state index is -0.839. The van der Waals surface area contributed by atoms with Gasteiger partial charge in [0.1, 0.15) is 10.7 Å². The van der Waals surface area contributed by atoms with Gasteiger partial charge in [0, 0.05) is 5.56 Å². The maximum atomic E-state index is 13.9. The molecule has 2 rings (SSSR count). The molecule has 0 atom stereocenters. The second kappa shape index (κ2) is 5.54. The van der Waals surface area contributed by atoms with Gasteiger partial charge >= 0.3 is 0 Å². The molecule has 0 aliphatic carbocycles. The molecule has 104 valence electrons. The van der Waals surface area contributed by atoms with Crippen molar-refractivity contribution in [3.8, 4) is 11.5 Å². The van der Waals surface area contributed by atoms with Crippen LogP contribution >= 0.6 is 12.2 Å². The van der Waals surface area contributed by atoms with Crippen molar-refractivity contribution >= 4 is 17.2 Å². The van der Waals surface area contributed by atoms with Gasteiger partial charge in [-0.15, -0.1) is 0 Å². The molecule has 20 heavy (non-hydrogen) atoms. The predicted molar refractivity (Wildman–Crippen MR) is 78.2 cm³/mol. The smallest absolute Gasteiger partial charge is 0.198 e. The van der Waals surface area contributed by atoms with E-state index < -0.39 is 17.4 Å². The van der Waals surface area contributed by atoms with E-state index in [1.165, 1.54) is 0 Å². The van der Waals surface area contributed by atoms with Gasteiger partial charge < -0.3 is 10.5 Å². The normalized spacial score (nSPS) is 10.4. The van der Waals surface area contributed by atoms with Crippen LogP contribution in [0.15, 0.2) is 30.3 Å². The second-order valence-corrected chi connectivity index (χ2v) is 4.87. The average Bonchev–Trinajstić information content (AvgIpc) is 2.38. The van der Waals surface area contributed by atoms with E-state index in [-0.39, 0.29) is 10.6 Å². The van der Waals surface area contributed by atoms with Gasteiger partial charge in [0.25, 0.3) is 0 Å². The maximum absolute atomic E-state index is 13.9. The zero-order valence-corrected chi connectivity index (χ0v) is 11.9. The Hall–Kier alpha value is -2.01. The third kappa shape index (κ3) is 2.77. The highest BCUT2D eigenvalue weighted by Crippen LogP contribution is 2.31. The molecular formula is C15H13F2NOS. The van der Waals surface area contributed by atoms with Crippen LogP contribution in [0.2, 0.25) is 0 Å². The summed E-state index contributed by atoms with van der Waals surface area (Å²) in [5.41, 5.74) is 7.28. The summed E-state index contributed by atoms with van der Waals surface area (Å²) in [7, 11) is 0. The first kappa shape index (κ1) is 14.4. The molecule has 0 radical (unpaired) electrons. The Labute approximate surface area is 121 Å². The number of nitrogens with two attached hydrogens (primary N) is 1. The van der Waals surface area contributed by atoms with Crippen LogP contribution in [-0.2, 0) is 0 Å². The second-order valence-electron chi connectivity index (χ2n) is 4.43. The summed E-state index contributed by atoms with van der Waals surface area (Å²) >= 11 is 4.70. The minimum Gasteiger partial charge on any atom is -0.451 e. The average molecular weight is 293 g/mol. The highest BCUT2D eigenvalue weighted by Gasteiger charge is 2.15. The van der Waals surface area contributed by atoms with Crippen molar-refractivity contribution in [3.05, 3.63) is 58.7 Å². The van der Waals surface area contributed by atoms with E-state index in [4.69, 9.17) is 22.7 Å². The van der Waals surface area contributed by atoms with E-state index in [0.29, 0.717) is 5.75 Å². The lowest BCUT2D eigenvalue weighted by molar-refractivity contribution is 0.405. The fraction of sp³-hybridized carbons (Fsp3) is 0.133. The lowest BCUT2D eigenvalue weighted by Gasteiger charge is -2.12. The SMILES string of the molecule is Cc1cccc(Oc2c(F)cc(C(N)=S)cc2F)c1C. The Morgan fingerprint density at radius 1 is 1.15 bits per heavy atom. The zero-order valence-electron chi connectivity index (χ0n) is 11.0. The van der Waals surface area contributed by atoms with Crippen molar-refractivity contribution < 1.29 is 13.5 Å². The van der Waals surface area contributed by atoms with Gasteiger partial charge in [-0.3, -0.25) is 0 Å². The maximum Gasteiger partial charge on any atom is 0.198 e. The lowest BCUT2D eigenvalue weighted by atomic mass is 10.1. The summed E-state index contributed by atoms with van der Waals surface area (Å²) in [6, 6.07) is 7.43. The van der Waals surface area contributed by atoms with E-state index in [0.717, 1.165) is 23.3 Å². The first-order valence-electron chi connectivity index (χ1n) is 5.93. The van der Waals surface area contributed by atoms with Gasteiger partial charge in [0.05, 0.1) is 0 Å². The Bertz CT molecular complexity index is 663. The molecule has 0 saturated carbocycles. The number of thiocarbonyl (C=S) groups is 1. The fourth-order valence-electron chi connectivity index (χ4n) is 1.74. The number of aryl methyl sites for hydroxylation is 1. The number of hydrogen-bond donors (Lipinski definition) is 1. The van der Waals surface area contributed by atoms with Gasteiger partial charge in [-0.05, 0) is 43.2 Å². The number of benzene rings is 2. The van der Waals surface area contributed by atoms with Gasteiger partial charge in [0.15, 0.2) is 17.4 Å². The third-order valence-electron chi connectivity index (χ3n) is 3.05. The molecule has 0 bridgehead atoms. The van der Waals surface area contributed by atoms with E-state index in [9.17, 15) is 8.78 Å². The van der Waals surface area contributed by atoms with Crippen LogP contribution in [0.3, 0.4) is 0 Å². The van der Waals surface area contributed by atoms with Crippen LogP contribution < -0.4 is 10.5 Å². The molecule has 0 fully saturated rings. The standard InChI is InChI=1S/C15H13F2NOS/c1-8-4-3-5-13(9(8)2)19-14-11(16)6-10(15(18)20)7-12(14)17/h3-7H,1-2H3,(H2,18,20). The molecule has 0 unspecified atom stereocenters. The Morgan fingerprint density at radius 2 is 1.75 bits per heavy atom. The van der Waals surface area contributed by atoms with E-state index in [1.807, 2.05) is 19.9 Å². The Balaban J connectivity index is 2.44. The molecule has 0 spiro atoms. The number of ether oxygens (including phenoxy) is 1. The predicted octanol–water partition coefficient (Wildman–Crippen LogP) is 4.01. The molecule has 5 heteroatoms. The van der Waals surface area contributed by atoms with Crippen molar-refractivity contribution in [2.45, 2.75) is 13.8 Å². The van der Waals surface area contributed by atoms with Crippen molar-refractivity contribution in [1.29, 1.82) is 0 Å². The molecule has 2 nitrogen and oxygen atoms in total. The molecule has 0 aliphatic heterocycles. The van der Waals surface area contributed by atoms with E-state index >= 15 is 0 Å². The largest absolute Gasteiger partial charge is 0.451 e. The Kier molecular flexibility index (Phi) is 3.99. The molecular weight excluding hydrogens is 280 g/mol. The molecule has 2 aromatic carbocycles. The summed E-state index contributed by atoms with van der Waals surface area (Å²) in [6.07, 6.45) is 0. The van der Waals surface area contributed by atoms with Crippen molar-refractivity contribution in [2.75, 3.05) is 0 Å². The Morgan fingerprint density at radius 3 is 2.30 bits per heavy atom. The van der Waals surface area contributed by atoms with Crippen LogP contribution in [0.4, 0.5) is 8.78 Å². The zero-order chi connectivity index (χ0) is 14.9. The summed E-state index contributed by atoms with van der Waals surface area (Å²) in [5, 5.41) is 0. The molecule has 0 heterocycles. The molecule has 0 aromatic heterocycles. The highest BCUT2D eigenvalue weighted by molar-refractivity contribution is 7.80. The van der Waals surface area contributed by atoms with E-state index in [2.05, 4.69) is 0 Å². The van der Waals surface area contributed by atoms with Crippen LogP contribution in [0.1, 0.15) is 16.7 Å². The summed E-state index contributed by atoms with van der Waals surface area (Å²) in [4.78, 5) is -0.0684. The fourth-order valence-corrected chi connectivity index (χ4v) is 1.86. The van der Waals surface area contributed by atoms with Crippen LogP contribution in [0.25, 0.3) is 0 Å². The highest BCUT2D eigenvalue weighted by atomic mass is 32.1. The number of hydrogen-bond acceptors (Lipinski definition) is 2. The number of rotatable bonds is 3. The minimum absolute atomic E-state index is 0.0684. The summed E-state index contributed by atoms with van der Waals surface area (Å²) < 4.78 is 33.2. The number of halogens is 2. The van der Waals surface area contributed by atoms with Crippen LogP contribution in [-0.4, -0.2) is 4.99 Å². The first-order valence-corrected chi connectivity index (χ1v) is 6.34. The van der Waals surface area contributed by atoms with E-state index in [1.54, 1.807) is 12.1 Å². The third-order valence-corrected chi connectivity index (χ3v) is 3.29. The molecule has 2 aromatic rings. The summed E-state index contributed by atoms with van der Waals surface area (Å²) in [5.74, 6) is -1.73. The first-order chi connectivity index (χ1) is 9.40. The quantitative estimate of drug-likeness (QED) is 0.868. The molecule has 0 amide bonds. The molecule has 0 saturated heterocycles. The van der Waals surface area contributed by atoms with Crippen molar-refractivity contribution in [1.82, 2.24) is 0 Å². The summed E-state index contributed by atoms with van der Waals surface area (Å²) in [6.45, 7) is 3.72. The monoisotopic (exact) mass is 293 g/mol. The van der Waals surface area contributed by atoms with Crippen LogP contribution in [0, 0.1) is 25.5 Å². The lowest BCUT2D eigenvalue weighted by Crippen LogP contribution is -2.10. The van der Waals surface area contributed by atoms with Gasteiger partial charge in [-0.2, -0.15) is 0 Å². The van der Waals surface area contributed by atoms with Crippen molar-refractivity contribution in [3.63, 3.8) is 0 Å². The van der Waals surface area contributed by atoms with Crippen molar-refractivity contribution in [2.24, 2.45) is 5.73 Å². The topological polar surface area (TPSA) is 35.2 Å². The van der Waals surface area contributed by atoms with Gasteiger partial charge in [0.2, 0.25) is 0 Å².